The molecule has 0 N–H and O–H groups in total. The number of aromatic nitrogens is 1. The van der Waals surface area contributed by atoms with Crippen LogP contribution in [-0.2, 0) is 7.05 Å². The van der Waals surface area contributed by atoms with Crippen molar-refractivity contribution in [2.45, 2.75) is 53.1 Å². The number of nitrogens with zero attached hydrogens (tertiary/aromatic N) is 1. The van der Waals surface area contributed by atoms with Crippen molar-refractivity contribution in [2.75, 3.05) is 0 Å². The number of rotatable bonds is 4. The quantitative estimate of drug-likeness (QED) is 0.386. The lowest BCUT2D eigenvalue weighted by Gasteiger charge is -2.23. The summed E-state index contributed by atoms with van der Waals surface area (Å²) in [6.07, 6.45) is 2.35. The molecule has 0 aliphatic carbocycles. The van der Waals surface area contributed by atoms with Crippen molar-refractivity contribution in [2.24, 2.45) is 7.05 Å². The van der Waals surface area contributed by atoms with Gasteiger partial charge in [0.1, 0.15) is 7.05 Å². The van der Waals surface area contributed by atoms with Gasteiger partial charge in [-0.1, -0.05) is 86.4 Å². The first-order chi connectivity index (χ1) is 13.4. The standard InChI is InChI=1S/C26H36NSi2/c1-19-10-12-21(13-11-19)24-17-23(20(2)16-26(24)29(7,8)9)25-15-14-22(18-27(25)3)28(4,5)6/h10-18H,1-9H3/q+1. The van der Waals surface area contributed by atoms with Crippen molar-refractivity contribution in [3.8, 4) is 22.4 Å². The minimum absolute atomic E-state index is 1.29. The molecule has 0 amide bonds. The lowest BCUT2D eigenvalue weighted by molar-refractivity contribution is -0.659. The summed E-state index contributed by atoms with van der Waals surface area (Å²) in [5.74, 6) is 0. The Kier molecular flexibility index (Phi) is 5.76. The van der Waals surface area contributed by atoms with Gasteiger partial charge in [0.2, 0.25) is 5.69 Å². The molecule has 2 aromatic carbocycles. The van der Waals surface area contributed by atoms with Crippen molar-refractivity contribution in [3.05, 3.63) is 65.9 Å². The van der Waals surface area contributed by atoms with Crippen LogP contribution < -0.4 is 14.9 Å². The van der Waals surface area contributed by atoms with E-state index in [1.807, 2.05) is 0 Å². The summed E-state index contributed by atoms with van der Waals surface area (Å²) >= 11 is 0. The first-order valence-corrected chi connectivity index (χ1v) is 17.6. The van der Waals surface area contributed by atoms with Crippen LogP contribution in [0.15, 0.2) is 54.7 Å². The molecule has 3 rings (SSSR count). The zero-order chi connectivity index (χ0) is 21.6. The molecule has 0 atom stereocenters. The van der Waals surface area contributed by atoms with Crippen LogP contribution in [0.25, 0.3) is 22.4 Å². The van der Waals surface area contributed by atoms with Crippen LogP contribution >= 0.6 is 0 Å². The largest absolute Gasteiger partial charge is 0.212 e. The normalized spacial score (nSPS) is 12.3. The van der Waals surface area contributed by atoms with Gasteiger partial charge >= 0.3 is 0 Å². The van der Waals surface area contributed by atoms with E-state index < -0.39 is 16.1 Å². The third kappa shape index (κ3) is 4.62. The molecule has 1 aromatic heterocycles. The van der Waals surface area contributed by atoms with Crippen LogP contribution in [0, 0.1) is 13.8 Å². The second kappa shape index (κ2) is 7.69. The molecule has 152 valence electrons. The lowest BCUT2D eigenvalue weighted by atomic mass is 9.96. The fourth-order valence-corrected chi connectivity index (χ4v) is 6.75. The Labute approximate surface area is 179 Å². The molecule has 0 aliphatic rings. The summed E-state index contributed by atoms with van der Waals surface area (Å²) in [7, 11) is -0.608. The Balaban J connectivity index is 2.24. The average Bonchev–Trinajstić information content (AvgIpc) is 2.61. The van der Waals surface area contributed by atoms with Crippen LogP contribution in [0.1, 0.15) is 11.1 Å². The minimum atomic E-state index is -1.48. The van der Waals surface area contributed by atoms with E-state index in [0.29, 0.717) is 0 Å². The van der Waals surface area contributed by atoms with E-state index in [1.54, 1.807) is 5.19 Å². The molecule has 29 heavy (non-hydrogen) atoms. The average molecular weight is 419 g/mol. The van der Waals surface area contributed by atoms with E-state index in [-0.39, 0.29) is 0 Å². The molecular formula is C26H36NSi2+. The molecule has 0 aliphatic heterocycles. The van der Waals surface area contributed by atoms with Gasteiger partial charge in [-0.2, -0.15) is 0 Å². The molecule has 3 aromatic rings. The number of hydrogen-bond acceptors (Lipinski definition) is 0. The third-order valence-corrected chi connectivity index (χ3v) is 9.87. The summed E-state index contributed by atoms with van der Waals surface area (Å²) in [5.41, 5.74) is 8.04. The highest BCUT2D eigenvalue weighted by molar-refractivity contribution is 6.89. The summed E-state index contributed by atoms with van der Waals surface area (Å²) in [5, 5.41) is 3.04. The van der Waals surface area contributed by atoms with Gasteiger partial charge in [0, 0.05) is 16.8 Å². The van der Waals surface area contributed by atoms with Crippen LogP contribution in [0.4, 0.5) is 0 Å². The molecule has 0 unspecified atom stereocenters. The van der Waals surface area contributed by atoms with E-state index in [0.717, 1.165) is 0 Å². The van der Waals surface area contributed by atoms with Gasteiger partial charge < -0.3 is 0 Å². The summed E-state index contributed by atoms with van der Waals surface area (Å²) < 4.78 is 2.32. The van der Waals surface area contributed by atoms with E-state index in [4.69, 9.17) is 0 Å². The molecule has 0 spiro atoms. The van der Waals surface area contributed by atoms with Crippen LogP contribution in [0.2, 0.25) is 39.3 Å². The van der Waals surface area contributed by atoms with Gasteiger partial charge in [-0.05, 0) is 36.6 Å². The van der Waals surface area contributed by atoms with Gasteiger partial charge in [-0.3, -0.25) is 0 Å². The van der Waals surface area contributed by atoms with E-state index >= 15 is 0 Å². The molecule has 0 bridgehead atoms. The van der Waals surface area contributed by atoms with Crippen LogP contribution in [0.5, 0.6) is 0 Å². The molecule has 1 heterocycles. The van der Waals surface area contributed by atoms with Crippen molar-refractivity contribution < 1.29 is 4.57 Å². The Hall–Kier alpha value is -1.98. The van der Waals surface area contributed by atoms with E-state index in [1.165, 1.54) is 38.7 Å². The maximum absolute atomic E-state index is 2.46. The maximum Gasteiger partial charge on any atom is 0.212 e. The van der Waals surface area contributed by atoms with E-state index in [9.17, 15) is 0 Å². The fraction of sp³-hybridized carbons (Fsp3) is 0.346. The zero-order valence-corrected chi connectivity index (χ0v) is 21.6. The first-order valence-electron chi connectivity index (χ1n) is 10.6. The Bertz CT molecular complexity index is 1040. The highest BCUT2D eigenvalue weighted by Gasteiger charge is 2.26. The summed E-state index contributed by atoms with van der Waals surface area (Å²) in [6.45, 7) is 19.0. The molecule has 0 fully saturated rings. The number of benzene rings is 2. The first kappa shape index (κ1) is 21.7. The van der Waals surface area contributed by atoms with Gasteiger partial charge in [-0.25, -0.2) is 4.57 Å². The second-order valence-electron chi connectivity index (χ2n) is 10.5. The molecule has 0 saturated carbocycles. The maximum atomic E-state index is 2.46. The van der Waals surface area contributed by atoms with Crippen molar-refractivity contribution in [1.29, 1.82) is 0 Å². The highest BCUT2D eigenvalue weighted by atomic mass is 28.3. The molecule has 0 radical (unpaired) electrons. The topological polar surface area (TPSA) is 3.88 Å². The molecule has 1 nitrogen and oxygen atoms in total. The van der Waals surface area contributed by atoms with Gasteiger partial charge in [0.05, 0.1) is 16.1 Å². The minimum Gasteiger partial charge on any atom is -0.201 e. The molecular weight excluding hydrogens is 382 g/mol. The predicted molar refractivity (Wildman–Crippen MR) is 134 cm³/mol. The number of aryl methyl sites for hydroxylation is 3. The smallest absolute Gasteiger partial charge is 0.201 e. The SMILES string of the molecule is Cc1ccc(-c2cc(-c3ccc([Si](C)(C)C)c[n+]3C)c(C)cc2[Si](C)(C)C)cc1. The predicted octanol–water partition coefficient (Wildman–Crippen LogP) is 5.55. The monoisotopic (exact) mass is 418 g/mol. The van der Waals surface area contributed by atoms with Crippen molar-refractivity contribution in [1.82, 2.24) is 0 Å². The Morgan fingerprint density at radius 2 is 1.31 bits per heavy atom. The summed E-state index contributed by atoms with van der Waals surface area (Å²) in [4.78, 5) is 0. The van der Waals surface area contributed by atoms with Crippen LogP contribution in [0.3, 0.4) is 0 Å². The fourth-order valence-electron chi connectivity index (χ4n) is 3.91. The van der Waals surface area contributed by atoms with Gasteiger partial charge in [-0.15, -0.1) is 0 Å². The Morgan fingerprint density at radius 1 is 0.690 bits per heavy atom. The molecule has 0 saturated heterocycles. The third-order valence-electron chi connectivity index (χ3n) is 5.81. The highest BCUT2D eigenvalue weighted by Crippen LogP contribution is 2.29. The zero-order valence-electron chi connectivity index (χ0n) is 19.6. The second-order valence-corrected chi connectivity index (χ2v) is 20.6. The van der Waals surface area contributed by atoms with E-state index in [2.05, 4.69) is 119 Å². The Morgan fingerprint density at radius 3 is 1.83 bits per heavy atom. The lowest BCUT2D eigenvalue weighted by Crippen LogP contribution is -2.45. The van der Waals surface area contributed by atoms with Crippen molar-refractivity contribution in [3.63, 3.8) is 0 Å². The summed E-state index contributed by atoms with van der Waals surface area (Å²) in [6, 6.07) is 18.6. The molecule has 3 heteroatoms. The number of hydrogen-bond donors (Lipinski definition) is 0. The van der Waals surface area contributed by atoms with Gasteiger partial charge in [0.25, 0.3) is 0 Å². The van der Waals surface area contributed by atoms with Gasteiger partial charge in [0.15, 0.2) is 6.20 Å². The number of pyridine rings is 1. The van der Waals surface area contributed by atoms with Crippen LogP contribution in [-0.4, -0.2) is 16.1 Å². The van der Waals surface area contributed by atoms with Crippen molar-refractivity contribution >= 4 is 26.5 Å².